The van der Waals surface area contributed by atoms with Gasteiger partial charge in [0.05, 0.1) is 6.42 Å². The van der Waals surface area contributed by atoms with Crippen molar-refractivity contribution in [3.63, 3.8) is 0 Å². The molecule has 1 N–H and O–H groups in total. The van der Waals surface area contributed by atoms with Gasteiger partial charge < -0.3 is 10.2 Å². The SMILES string of the molecule is Cc1cc(C)n2nc(CC(=O)N3CCNC(=O)C3c3cccc(F)c3)nc2n1. The molecule has 2 aromatic heterocycles. The van der Waals surface area contributed by atoms with Crippen molar-refractivity contribution in [3.8, 4) is 0 Å². The number of nitrogens with zero attached hydrogens (tertiary/aromatic N) is 5. The molecule has 9 heteroatoms. The van der Waals surface area contributed by atoms with Crippen molar-refractivity contribution in [3.05, 3.63) is 58.9 Å². The van der Waals surface area contributed by atoms with Gasteiger partial charge in [-0.3, -0.25) is 9.59 Å². The quantitative estimate of drug-likeness (QED) is 0.733. The van der Waals surface area contributed by atoms with Gasteiger partial charge in [-0.2, -0.15) is 4.98 Å². The maximum absolute atomic E-state index is 13.6. The average molecular weight is 382 g/mol. The second-order valence-corrected chi connectivity index (χ2v) is 6.79. The third kappa shape index (κ3) is 3.30. The van der Waals surface area contributed by atoms with Crippen LogP contribution in [-0.2, 0) is 16.0 Å². The third-order valence-electron chi connectivity index (χ3n) is 4.67. The molecule has 0 saturated carbocycles. The van der Waals surface area contributed by atoms with Gasteiger partial charge in [0.25, 0.3) is 5.78 Å². The zero-order valence-electron chi connectivity index (χ0n) is 15.5. The van der Waals surface area contributed by atoms with Gasteiger partial charge in [0, 0.05) is 24.5 Å². The molecule has 1 aromatic carbocycles. The highest BCUT2D eigenvalue weighted by Gasteiger charge is 2.34. The number of aromatic nitrogens is 4. The van der Waals surface area contributed by atoms with Crippen molar-refractivity contribution in [2.24, 2.45) is 0 Å². The Bertz CT molecular complexity index is 1080. The lowest BCUT2D eigenvalue weighted by molar-refractivity contribution is -0.143. The highest BCUT2D eigenvalue weighted by molar-refractivity contribution is 5.90. The number of carbonyl (C=O) groups is 2. The molecule has 3 heterocycles. The number of piperazine rings is 1. The van der Waals surface area contributed by atoms with Crippen LogP contribution in [0.2, 0.25) is 0 Å². The second-order valence-electron chi connectivity index (χ2n) is 6.79. The third-order valence-corrected chi connectivity index (χ3v) is 4.67. The van der Waals surface area contributed by atoms with Crippen LogP contribution in [-0.4, -0.2) is 49.4 Å². The van der Waals surface area contributed by atoms with Crippen LogP contribution >= 0.6 is 0 Å². The molecule has 3 aromatic rings. The van der Waals surface area contributed by atoms with Crippen LogP contribution in [0.25, 0.3) is 5.78 Å². The summed E-state index contributed by atoms with van der Waals surface area (Å²) >= 11 is 0. The molecule has 144 valence electrons. The molecule has 0 spiro atoms. The lowest BCUT2D eigenvalue weighted by Gasteiger charge is -2.35. The summed E-state index contributed by atoms with van der Waals surface area (Å²) in [5.41, 5.74) is 2.11. The number of benzene rings is 1. The van der Waals surface area contributed by atoms with Crippen LogP contribution in [0.5, 0.6) is 0 Å². The van der Waals surface area contributed by atoms with E-state index in [9.17, 15) is 14.0 Å². The molecule has 4 rings (SSSR count). The fourth-order valence-corrected chi connectivity index (χ4v) is 3.46. The van der Waals surface area contributed by atoms with Gasteiger partial charge in [0.1, 0.15) is 11.9 Å². The number of hydrogen-bond acceptors (Lipinski definition) is 5. The van der Waals surface area contributed by atoms with Crippen LogP contribution in [0.15, 0.2) is 30.3 Å². The van der Waals surface area contributed by atoms with Gasteiger partial charge in [0.15, 0.2) is 5.82 Å². The number of fused-ring (bicyclic) bond motifs is 1. The van der Waals surface area contributed by atoms with E-state index in [0.29, 0.717) is 30.3 Å². The molecule has 1 unspecified atom stereocenters. The maximum atomic E-state index is 13.6. The predicted molar refractivity (Wildman–Crippen MR) is 97.8 cm³/mol. The van der Waals surface area contributed by atoms with E-state index in [2.05, 4.69) is 20.4 Å². The lowest BCUT2D eigenvalue weighted by Crippen LogP contribution is -2.52. The van der Waals surface area contributed by atoms with Crippen LogP contribution in [0.4, 0.5) is 4.39 Å². The fraction of sp³-hybridized carbons (Fsp3) is 0.316. The molecule has 1 aliphatic rings. The molecule has 0 aliphatic carbocycles. The number of carbonyl (C=O) groups excluding carboxylic acids is 2. The summed E-state index contributed by atoms with van der Waals surface area (Å²) in [6, 6.07) is 6.73. The van der Waals surface area contributed by atoms with Crippen molar-refractivity contribution in [2.45, 2.75) is 26.3 Å². The Balaban J connectivity index is 1.62. The minimum atomic E-state index is -0.879. The van der Waals surface area contributed by atoms with Crippen LogP contribution in [0, 0.1) is 19.7 Å². The molecule has 1 saturated heterocycles. The first-order chi connectivity index (χ1) is 13.4. The van der Waals surface area contributed by atoms with Crippen molar-refractivity contribution in [1.29, 1.82) is 0 Å². The van der Waals surface area contributed by atoms with Crippen molar-refractivity contribution >= 4 is 17.6 Å². The van der Waals surface area contributed by atoms with E-state index in [0.717, 1.165) is 11.4 Å². The van der Waals surface area contributed by atoms with E-state index in [-0.39, 0.29) is 18.2 Å². The highest BCUT2D eigenvalue weighted by Crippen LogP contribution is 2.24. The fourth-order valence-electron chi connectivity index (χ4n) is 3.46. The number of hydrogen-bond donors (Lipinski definition) is 1. The Hall–Kier alpha value is -3.36. The molecule has 2 amide bonds. The topological polar surface area (TPSA) is 92.5 Å². The van der Waals surface area contributed by atoms with Gasteiger partial charge in [-0.05, 0) is 37.6 Å². The molecular weight excluding hydrogens is 363 g/mol. The Morgan fingerprint density at radius 2 is 2.11 bits per heavy atom. The number of nitrogens with one attached hydrogen (secondary N) is 1. The normalized spacial score (nSPS) is 17.0. The van der Waals surface area contributed by atoms with Crippen LogP contribution in [0.3, 0.4) is 0 Å². The zero-order valence-corrected chi connectivity index (χ0v) is 15.5. The molecule has 1 fully saturated rings. The Labute approximate surface area is 160 Å². The van der Waals surface area contributed by atoms with E-state index >= 15 is 0 Å². The molecular formula is C19H19FN6O2. The standard InChI is InChI=1S/C19H19FN6O2/c1-11-8-12(2)26-19(22-11)23-15(24-26)10-16(27)25-7-6-21-18(28)17(25)13-4-3-5-14(20)9-13/h3-5,8-9,17H,6-7,10H2,1-2H3,(H,21,28). The smallest absolute Gasteiger partial charge is 0.252 e. The second kappa shape index (κ2) is 6.99. The molecule has 0 bridgehead atoms. The number of rotatable bonds is 3. The summed E-state index contributed by atoms with van der Waals surface area (Å²) in [6.07, 6.45) is -0.0685. The van der Waals surface area contributed by atoms with Gasteiger partial charge in [-0.15, -0.1) is 5.10 Å². The summed E-state index contributed by atoms with van der Waals surface area (Å²) in [6.45, 7) is 4.42. The number of aryl methyl sites for hydroxylation is 2. The van der Waals surface area contributed by atoms with Crippen molar-refractivity contribution in [1.82, 2.24) is 29.8 Å². The molecule has 1 atom stereocenters. The first-order valence-electron chi connectivity index (χ1n) is 8.95. The summed E-state index contributed by atoms with van der Waals surface area (Å²) in [7, 11) is 0. The van der Waals surface area contributed by atoms with Crippen LogP contribution < -0.4 is 5.32 Å². The Morgan fingerprint density at radius 3 is 2.89 bits per heavy atom. The van der Waals surface area contributed by atoms with Crippen molar-refractivity contribution < 1.29 is 14.0 Å². The summed E-state index contributed by atoms with van der Waals surface area (Å²) < 4.78 is 15.2. The van der Waals surface area contributed by atoms with Crippen LogP contribution in [0.1, 0.15) is 28.8 Å². The minimum Gasteiger partial charge on any atom is -0.352 e. The highest BCUT2D eigenvalue weighted by atomic mass is 19.1. The number of amides is 2. The first kappa shape index (κ1) is 18.0. The lowest BCUT2D eigenvalue weighted by atomic mass is 10.0. The van der Waals surface area contributed by atoms with Gasteiger partial charge in [-0.25, -0.2) is 13.9 Å². The Morgan fingerprint density at radius 1 is 1.29 bits per heavy atom. The molecule has 28 heavy (non-hydrogen) atoms. The van der Waals surface area contributed by atoms with Gasteiger partial charge >= 0.3 is 0 Å². The van der Waals surface area contributed by atoms with Gasteiger partial charge in [-0.1, -0.05) is 12.1 Å². The summed E-state index contributed by atoms with van der Waals surface area (Å²) in [5, 5.41) is 7.09. The average Bonchev–Trinajstić information content (AvgIpc) is 3.04. The first-order valence-corrected chi connectivity index (χ1v) is 8.95. The minimum absolute atomic E-state index is 0.0685. The largest absolute Gasteiger partial charge is 0.352 e. The van der Waals surface area contributed by atoms with Crippen molar-refractivity contribution in [2.75, 3.05) is 13.1 Å². The monoisotopic (exact) mass is 382 g/mol. The summed E-state index contributed by atoms with van der Waals surface area (Å²) in [5.74, 6) is -0.327. The maximum Gasteiger partial charge on any atom is 0.252 e. The van der Waals surface area contributed by atoms with E-state index in [1.807, 2.05) is 19.9 Å². The van der Waals surface area contributed by atoms with E-state index < -0.39 is 11.9 Å². The zero-order chi connectivity index (χ0) is 19.8. The molecule has 8 nitrogen and oxygen atoms in total. The van der Waals surface area contributed by atoms with E-state index in [4.69, 9.17) is 0 Å². The number of halogens is 1. The molecule has 0 radical (unpaired) electrons. The predicted octanol–water partition coefficient (Wildman–Crippen LogP) is 1.12. The van der Waals surface area contributed by atoms with E-state index in [1.165, 1.54) is 23.1 Å². The van der Waals surface area contributed by atoms with Gasteiger partial charge in [0.2, 0.25) is 11.8 Å². The molecule has 1 aliphatic heterocycles. The van der Waals surface area contributed by atoms with E-state index in [1.54, 1.807) is 10.6 Å². The Kier molecular flexibility index (Phi) is 4.50. The summed E-state index contributed by atoms with van der Waals surface area (Å²) in [4.78, 5) is 35.5.